The van der Waals surface area contributed by atoms with Gasteiger partial charge in [-0.05, 0) is 37.5 Å². The van der Waals surface area contributed by atoms with Crippen molar-refractivity contribution in [2.45, 2.75) is 117 Å². The zero-order chi connectivity index (χ0) is 25.8. The number of ether oxygens (including phenoxy) is 1. The van der Waals surface area contributed by atoms with Gasteiger partial charge in [0.25, 0.3) is 0 Å². The molecule has 7 heteroatoms. The summed E-state index contributed by atoms with van der Waals surface area (Å²) in [5.74, 6) is -0.332. The summed E-state index contributed by atoms with van der Waals surface area (Å²) in [5.41, 5.74) is 0. The van der Waals surface area contributed by atoms with E-state index in [1.807, 2.05) is 20.8 Å². The third-order valence-electron chi connectivity index (χ3n) is 6.52. The molecule has 0 aliphatic heterocycles. The first-order chi connectivity index (χ1) is 16.3. The number of carbonyl (C=O) groups is 5. The second-order valence-corrected chi connectivity index (χ2v) is 9.13. The molecule has 0 fully saturated rings. The van der Waals surface area contributed by atoms with E-state index in [9.17, 15) is 24.0 Å². The Hall–Kier alpha value is -2.05. The van der Waals surface area contributed by atoms with E-state index >= 15 is 0 Å². The molecular formula is C27H47NO6. The van der Waals surface area contributed by atoms with Crippen LogP contribution >= 0.6 is 0 Å². The van der Waals surface area contributed by atoms with Crippen LogP contribution in [0.15, 0.2) is 0 Å². The summed E-state index contributed by atoms with van der Waals surface area (Å²) in [6, 6.07) is 0. The van der Waals surface area contributed by atoms with Gasteiger partial charge in [0.05, 0.1) is 7.11 Å². The van der Waals surface area contributed by atoms with Crippen LogP contribution in [-0.2, 0) is 28.7 Å². The number of amides is 1. The third kappa shape index (κ3) is 15.7. The Morgan fingerprint density at radius 2 is 1.24 bits per heavy atom. The molecule has 2 atom stereocenters. The van der Waals surface area contributed by atoms with Gasteiger partial charge >= 0.3 is 5.97 Å². The Bertz CT molecular complexity index is 631. The van der Waals surface area contributed by atoms with Gasteiger partial charge < -0.3 is 10.1 Å². The van der Waals surface area contributed by atoms with Crippen molar-refractivity contribution in [1.82, 2.24) is 5.32 Å². The average Bonchev–Trinajstić information content (AvgIpc) is 2.84. The molecule has 0 aliphatic rings. The molecule has 0 aromatic heterocycles. The highest BCUT2D eigenvalue weighted by atomic mass is 16.5. The van der Waals surface area contributed by atoms with Gasteiger partial charge in [0.1, 0.15) is 5.78 Å². The van der Waals surface area contributed by atoms with Crippen molar-refractivity contribution in [3.05, 3.63) is 0 Å². The first kappa shape index (κ1) is 31.9. The lowest BCUT2D eigenvalue weighted by molar-refractivity contribution is -0.140. The number of hydrogen-bond donors (Lipinski definition) is 1. The molecule has 1 N–H and O–H groups in total. The molecule has 0 aliphatic carbocycles. The van der Waals surface area contributed by atoms with E-state index in [0.29, 0.717) is 38.6 Å². The van der Waals surface area contributed by atoms with Gasteiger partial charge in [-0.2, -0.15) is 0 Å². The first-order valence-electron chi connectivity index (χ1n) is 13.2. The molecule has 0 rings (SSSR count). The molecule has 1 amide bonds. The van der Waals surface area contributed by atoms with Crippen LogP contribution in [0.25, 0.3) is 0 Å². The Morgan fingerprint density at radius 1 is 0.676 bits per heavy atom. The molecule has 7 nitrogen and oxygen atoms in total. The summed E-state index contributed by atoms with van der Waals surface area (Å²) in [7, 11) is 1.38. The maximum absolute atomic E-state index is 12.4. The number of hydrogen-bond acceptors (Lipinski definition) is 6. The predicted octanol–water partition coefficient (Wildman–Crippen LogP) is 5.13. The second kappa shape index (κ2) is 20.3. The molecule has 0 saturated carbocycles. The molecule has 0 aromatic carbocycles. The van der Waals surface area contributed by atoms with Gasteiger partial charge in [0.15, 0.2) is 11.6 Å². The number of methoxy groups -OCH3 is 1. The van der Waals surface area contributed by atoms with Crippen LogP contribution in [0.4, 0.5) is 0 Å². The van der Waals surface area contributed by atoms with E-state index < -0.39 is 0 Å². The third-order valence-corrected chi connectivity index (χ3v) is 6.52. The lowest BCUT2D eigenvalue weighted by Crippen LogP contribution is -2.24. The number of carbonyl (C=O) groups excluding carboxylic acids is 5. The number of Topliss-reactive ketones (excluding diaryl/α,β-unsaturated/α-hetero) is 3. The van der Waals surface area contributed by atoms with Gasteiger partial charge in [0.2, 0.25) is 5.91 Å². The summed E-state index contributed by atoms with van der Waals surface area (Å²) in [6.07, 6.45) is 9.64. The maximum atomic E-state index is 12.4. The molecule has 0 heterocycles. The highest BCUT2D eigenvalue weighted by Crippen LogP contribution is 2.27. The van der Waals surface area contributed by atoms with Crippen LogP contribution < -0.4 is 5.32 Å². The Kier molecular flexibility index (Phi) is 19.1. The van der Waals surface area contributed by atoms with E-state index in [1.54, 1.807) is 0 Å². The molecule has 0 aromatic rings. The van der Waals surface area contributed by atoms with Gasteiger partial charge in [-0.25, -0.2) is 0 Å². The molecular weight excluding hydrogens is 434 g/mol. The van der Waals surface area contributed by atoms with Crippen LogP contribution in [0.3, 0.4) is 0 Å². The molecule has 34 heavy (non-hydrogen) atoms. The summed E-state index contributed by atoms with van der Waals surface area (Å²) in [6.45, 7) is 6.48. The van der Waals surface area contributed by atoms with Crippen molar-refractivity contribution in [2.75, 3.05) is 13.7 Å². The summed E-state index contributed by atoms with van der Waals surface area (Å²) >= 11 is 0. The maximum Gasteiger partial charge on any atom is 0.305 e. The normalized spacial score (nSPS) is 12.6. The van der Waals surface area contributed by atoms with Crippen molar-refractivity contribution >= 4 is 29.2 Å². The Morgan fingerprint density at radius 3 is 1.82 bits per heavy atom. The van der Waals surface area contributed by atoms with E-state index in [2.05, 4.69) is 10.1 Å². The van der Waals surface area contributed by atoms with Crippen LogP contribution in [-0.4, -0.2) is 42.9 Å². The number of ketones is 3. The zero-order valence-corrected chi connectivity index (χ0v) is 21.9. The van der Waals surface area contributed by atoms with Crippen LogP contribution in [0.1, 0.15) is 117 Å². The highest BCUT2D eigenvalue weighted by molar-refractivity contribution is 6.37. The Balaban J connectivity index is 3.94. The van der Waals surface area contributed by atoms with Gasteiger partial charge in [-0.15, -0.1) is 0 Å². The lowest BCUT2D eigenvalue weighted by atomic mass is 9.80. The Labute approximate surface area is 206 Å². The van der Waals surface area contributed by atoms with E-state index in [4.69, 9.17) is 0 Å². The summed E-state index contributed by atoms with van der Waals surface area (Å²) < 4.78 is 4.59. The number of esters is 1. The minimum absolute atomic E-state index is 0.0249. The van der Waals surface area contributed by atoms with Gasteiger partial charge in [-0.1, -0.05) is 52.9 Å². The van der Waals surface area contributed by atoms with Gasteiger partial charge in [-0.3, -0.25) is 24.0 Å². The molecule has 0 bridgehead atoms. The first-order valence-corrected chi connectivity index (χ1v) is 13.2. The molecule has 0 saturated heterocycles. The predicted molar refractivity (Wildman–Crippen MR) is 133 cm³/mol. The monoisotopic (exact) mass is 481 g/mol. The number of nitrogens with one attached hydrogen (secondary N) is 1. The molecule has 0 radical (unpaired) electrons. The topological polar surface area (TPSA) is 107 Å². The SMILES string of the molecule is CCC(=O)CC(CC)C(CC)CC(=O)C(=O)CCCCCNC(=O)CCCCCCC(=O)OC. The fraction of sp³-hybridized carbons (Fsp3) is 0.815. The fourth-order valence-electron chi connectivity index (χ4n) is 4.13. The highest BCUT2D eigenvalue weighted by Gasteiger charge is 2.25. The van der Waals surface area contributed by atoms with Crippen molar-refractivity contribution in [3.8, 4) is 0 Å². The molecule has 2 unspecified atom stereocenters. The second-order valence-electron chi connectivity index (χ2n) is 9.13. The standard InChI is InChI=1S/C27H47NO6/c1-5-21(19-23(29)7-3)22(6-2)20-25(31)24(30)15-11-10-14-18-28-26(32)16-12-8-9-13-17-27(33)34-4/h21-22H,5-20H2,1-4H3,(H,28,32). The quantitative estimate of drug-likeness (QED) is 0.131. The van der Waals surface area contributed by atoms with E-state index in [1.165, 1.54) is 7.11 Å². The molecule has 0 spiro atoms. The summed E-state index contributed by atoms with van der Waals surface area (Å²) in [4.78, 5) is 59.3. The van der Waals surface area contributed by atoms with E-state index in [-0.39, 0.29) is 53.9 Å². The average molecular weight is 482 g/mol. The van der Waals surface area contributed by atoms with Crippen LogP contribution in [0.2, 0.25) is 0 Å². The van der Waals surface area contributed by atoms with Gasteiger partial charge in [0, 0.05) is 45.1 Å². The summed E-state index contributed by atoms with van der Waals surface area (Å²) in [5, 5.41) is 2.89. The van der Waals surface area contributed by atoms with Crippen molar-refractivity contribution in [1.29, 1.82) is 0 Å². The minimum Gasteiger partial charge on any atom is -0.469 e. The minimum atomic E-state index is -0.314. The van der Waals surface area contributed by atoms with Crippen LogP contribution in [0.5, 0.6) is 0 Å². The van der Waals surface area contributed by atoms with Crippen molar-refractivity contribution in [3.63, 3.8) is 0 Å². The van der Waals surface area contributed by atoms with E-state index in [0.717, 1.165) is 51.4 Å². The molecule has 196 valence electrons. The lowest BCUT2D eigenvalue weighted by Gasteiger charge is -2.24. The van der Waals surface area contributed by atoms with Crippen LogP contribution in [0, 0.1) is 11.8 Å². The smallest absolute Gasteiger partial charge is 0.305 e. The van der Waals surface area contributed by atoms with Crippen molar-refractivity contribution in [2.24, 2.45) is 11.8 Å². The number of rotatable bonds is 22. The fourth-order valence-corrected chi connectivity index (χ4v) is 4.13. The number of unbranched alkanes of at least 4 members (excludes halogenated alkanes) is 5. The zero-order valence-electron chi connectivity index (χ0n) is 21.9. The largest absolute Gasteiger partial charge is 0.469 e. The van der Waals surface area contributed by atoms with Crippen molar-refractivity contribution < 1.29 is 28.7 Å².